The molecule has 10 heteroatoms. The van der Waals surface area contributed by atoms with Crippen LogP contribution in [0.4, 0.5) is 16.0 Å². The number of hydrogen-bond donors (Lipinski definition) is 2. The van der Waals surface area contributed by atoms with Crippen molar-refractivity contribution in [3.63, 3.8) is 0 Å². The fourth-order valence-corrected chi connectivity index (χ4v) is 6.35. The van der Waals surface area contributed by atoms with Gasteiger partial charge in [-0.05, 0) is 72.4 Å². The number of rotatable bonds is 8. The van der Waals surface area contributed by atoms with Crippen LogP contribution in [0.15, 0.2) is 90.0 Å². The molecule has 0 spiro atoms. The SMILES string of the molecule is N#CCc1ccc(-c2ccnc(Nc3ccc(S(=O)(=O)N4CCC(C(N)c5ccc(F)cc5)CC4)cc3)n2)cc1. The molecular formula is C30H29FN6O2S. The van der Waals surface area contributed by atoms with Gasteiger partial charge < -0.3 is 11.1 Å². The predicted octanol–water partition coefficient (Wildman–Crippen LogP) is 5.19. The molecule has 8 nitrogen and oxygen atoms in total. The number of nitriles is 1. The number of anilines is 2. The van der Waals surface area contributed by atoms with Crippen LogP contribution < -0.4 is 11.1 Å². The van der Waals surface area contributed by atoms with Gasteiger partial charge in [-0.2, -0.15) is 9.57 Å². The summed E-state index contributed by atoms with van der Waals surface area (Å²) in [5, 5.41) is 12.0. The van der Waals surface area contributed by atoms with Crippen molar-refractivity contribution < 1.29 is 12.8 Å². The molecule has 0 radical (unpaired) electrons. The number of nitrogens with zero attached hydrogens (tertiary/aromatic N) is 4. The molecular weight excluding hydrogens is 527 g/mol. The summed E-state index contributed by atoms with van der Waals surface area (Å²) in [6.45, 7) is 0.750. The predicted molar refractivity (Wildman–Crippen MR) is 151 cm³/mol. The third-order valence-electron chi connectivity index (χ3n) is 7.20. The Morgan fingerprint density at radius 2 is 1.68 bits per heavy atom. The Bertz CT molecular complexity index is 1600. The molecule has 0 bridgehead atoms. The van der Waals surface area contributed by atoms with E-state index in [0.717, 1.165) is 22.4 Å². The van der Waals surface area contributed by atoms with Gasteiger partial charge in [0.1, 0.15) is 5.82 Å². The lowest BCUT2D eigenvalue weighted by atomic mass is 9.86. The molecule has 40 heavy (non-hydrogen) atoms. The number of nitrogens with one attached hydrogen (secondary N) is 1. The van der Waals surface area contributed by atoms with E-state index in [1.54, 1.807) is 48.7 Å². The zero-order valence-electron chi connectivity index (χ0n) is 21.7. The van der Waals surface area contributed by atoms with Gasteiger partial charge in [0.25, 0.3) is 0 Å². The van der Waals surface area contributed by atoms with Gasteiger partial charge >= 0.3 is 0 Å². The fraction of sp³-hybridized carbons (Fsp3) is 0.233. The second-order valence-electron chi connectivity index (χ2n) is 9.77. The van der Waals surface area contributed by atoms with Crippen LogP contribution in [0.2, 0.25) is 0 Å². The van der Waals surface area contributed by atoms with E-state index >= 15 is 0 Å². The minimum absolute atomic E-state index is 0.120. The van der Waals surface area contributed by atoms with Gasteiger partial charge in [0.2, 0.25) is 16.0 Å². The summed E-state index contributed by atoms with van der Waals surface area (Å²) in [5.41, 5.74) is 10.5. The number of nitrogens with two attached hydrogens (primary N) is 1. The van der Waals surface area contributed by atoms with E-state index < -0.39 is 10.0 Å². The van der Waals surface area contributed by atoms with E-state index in [9.17, 15) is 12.8 Å². The molecule has 204 valence electrons. The van der Waals surface area contributed by atoms with E-state index in [2.05, 4.69) is 21.4 Å². The number of benzene rings is 3. The molecule has 1 aromatic heterocycles. The molecule has 4 aromatic rings. The molecule has 3 aromatic carbocycles. The molecule has 1 atom stereocenters. The Morgan fingerprint density at radius 3 is 2.33 bits per heavy atom. The van der Waals surface area contributed by atoms with E-state index in [4.69, 9.17) is 11.0 Å². The minimum Gasteiger partial charge on any atom is -0.324 e. The zero-order valence-corrected chi connectivity index (χ0v) is 22.6. The van der Waals surface area contributed by atoms with E-state index in [1.165, 1.54) is 16.4 Å². The van der Waals surface area contributed by atoms with Crippen molar-refractivity contribution in [1.82, 2.24) is 14.3 Å². The lowest BCUT2D eigenvalue weighted by Crippen LogP contribution is -2.40. The molecule has 3 N–H and O–H groups in total. The molecule has 2 heterocycles. The van der Waals surface area contributed by atoms with Crippen molar-refractivity contribution >= 4 is 21.7 Å². The highest BCUT2D eigenvalue weighted by Crippen LogP contribution is 2.32. The number of halogens is 1. The summed E-state index contributed by atoms with van der Waals surface area (Å²) in [5.74, 6) is 0.196. The van der Waals surface area contributed by atoms with Crippen LogP contribution in [0.3, 0.4) is 0 Å². The Kier molecular flexibility index (Phi) is 8.16. The van der Waals surface area contributed by atoms with Crippen LogP contribution in [0, 0.1) is 23.1 Å². The standard InChI is InChI=1S/C30H29FN6O2S/c31-25-7-5-23(6-8-25)29(33)24-15-19-37(20-16-24)40(38,39)27-11-9-26(10-12-27)35-30-34-18-14-28(36-30)22-3-1-21(2-4-22)13-17-32/h1-12,14,18,24,29H,13,15-16,19-20,33H2,(H,34,35,36). The molecule has 1 fully saturated rings. The van der Waals surface area contributed by atoms with E-state index in [-0.39, 0.29) is 22.7 Å². The molecule has 0 aliphatic carbocycles. The zero-order chi connectivity index (χ0) is 28.1. The van der Waals surface area contributed by atoms with Gasteiger partial charge in [-0.25, -0.2) is 22.8 Å². The van der Waals surface area contributed by atoms with Crippen LogP contribution in [-0.4, -0.2) is 35.8 Å². The average molecular weight is 557 g/mol. The van der Waals surface area contributed by atoms with Gasteiger partial charge in [0.05, 0.1) is 23.1 Å². The van der Waals surface area contributed by atoms with Crippen molar-refractivity contribution in [2.75, 3.05) is 18.4 Å². The minimum atomic E-state index is -3.66. The maximum absolute atomic E-state index is 13.3. The smallest absolute Gasteiger partial charge is 0.243 e. The first-order chi connectivity index (χ1) is 19.3. The maximum atomic E-state index is 13.3. The van der Waals surface area contributed by atoms with Crippen LogP contribution in [-0.2, 0) is 16.4 Å². The Morgan fingerprint density at radius 1 is 1.00 bits per heavy atom. The molecule has 1 aliphatic rings. The summed E-state index contributed by atoms with van der Waals surface area (Å²) < 4.78 is 41.3. The Labute approximate surface area is 233 Å². The van der Waals surface area contributed by atoms with Gasteiger partial charge in [0.15, 0.2) is 0 Å². The quantitative estimate of drug-likeness (QED) is 0.306. The first kappa shape index (κ1) is 27.4. The average Bonchev–Trinajstić information content (AvgIpc) is 2.98. The molecule has 1 aliphatic heterocycles. The summed E-state index contributed by atoms with van der Waals surface area (Å²) in [6, 6.07) is 24.0. The van der Waals surface area contributed by atoms with Gasteiger partial charge in [-0.3, -0.25) is 0 Å². The summed E-state index contributed by atoms with van der Waals surface area (Å²) in [7, 11) is -3.66. The normalized spacial score (nSPS) is 15.3. The monoisotopic (exact) mass is 556 g/mol. The van der Waals surface area contributed by atoms with E-state index in [1.807, 2.05) is 24.3 Å². The first-order valence-electron chi connectivity index (χ1n) is 13.0. The first-order valence-corrected chi connectivity index (χ1v) is 14.4. The Balaban J connectivity index is 1.21. The van der Waals surface area contributed by atoms with Crippen LogP contribution in [0.1, 0.15) is 30.0 Å². The van der Waals surface area contributed by atoms with Gasteiger partial charge in [0, 0.05) is 36.6 Å². The van der Waals surface area contributed by atoms with Crippen molar-refractivity contribution in [3.05, 3.63) is 102 Å². The fourth-order valence-electron chi connectivity index (χ4n) is 4.89. The number of hydrogen-bond acceptors (Lipinski definition) is 7. The second-order valence-corrected chi connectivity index (χ2v) is 11.7. The van der Waals surface area contributed by atoms with E-state index in [0.29, 0.717) is 44.0 Å². The number of aromatic nitrogens is 2. The molecule has 1 unspecified atom stereocenters. The highest BCUT2D eigenvalue weighted by Gasteiger charge is 2.32. The Hall–Kier alpha value is -4.17. The lowest BCUT2D eigenvalue weighted by Gasteiger charge is -2.34. The summed E-state index contributed by atoms with van der Waals surface area (Å²) >= 11 is 0. The third kappa shape index (κ3) is 6.18. The number of piperidine rings is 1. The van der Waals surface area contributed by atoms with Crippen molar-refractivity contribution in [3.8, 4) is 17.3 Å². The largest absolute Gasteiger partial charge is 0.324 e. The van der Waals surface area contributed by atoms with Crippen LogP contribution >= 0.6 is 0 Å². The van der Waals surface area contributed by atoms with Crippen LogP contribution in [0.25, 0.3) is 11.3 Å². The highest BCUT2D eigenvalue weighted by molar-refractivity contribution is 7.89. The van der Waals surface area contributed by atoms with Gasteiger partial charge in [-0.1, -0.05) is 36.4 Å². The molecule has 0 amide bonds. The third-order valence-corrected chi connectivity index (χ3v) is 9.11. The lowest BCUT2D eigenvalue weighted by molar-refractivity contribution is 0.245. The maximum Gasteiger partial charge on any atom is 0.243 e. The van der Waals surface area contributed by atoms with Gasteiger partial charge in [-0.15, -0.1) is 0 Å². The molecule has 0 saturated carbocycles. The second kappa shape index (κ2) is 11.9. The molecule has 5 rings (SSSR count). The van der Waals surface area contributed by atoms with Crippen LogP contribution in [0.5, 0.6) is 0 Å². The summed E-state index contributed by atoms with van der Waals surface area (Å²) in [4.78, 5) is 9.06. The van der Waals surface area contributed by atoms with Crippen molar-refractivity contribution in [1.29, 1.82) is 5.26 Å². The number of sulfonamides is 1. The van der Waals surface area contributed by atoms with Crippen molar-refractivity contribution in [2.24, 2.45) is 11.7 Å². The topological polar surface area (TPSA) is 125 Å². The highest BCUT2D eigenvalue weighted by atomic mass is 32.2. The molecule has 1 saturated heterocycles. The van der Waals surface area contributed by atoms with Crippen molar-refractivity contribution in [2.45, 2.75) is 30.2 Å². The summed E-state index contributed by atoms with van der Waals surface area (Å²) in [6.07, 6.45) is 3.27.